The SMILES string of the molecule is CNC(=O)[C@@H](C)N(Cc1ccccc1)C(=O)CN(c1ccc(Cl)cc1)S(=O)(=O)c1ccc(OC)cc1. The van der Waals surface area contributed by atoms with Crippen LogP contribution < -0.4 is 14.4 Å². The van der Waals surface area contributed by atoms with Crippen LogP contribution in [-0.4, -0.2) is 51.9 Å². The lowest BCUT2D eigenvalue weighted by Crippen LogP contribution is -2.50. The number of anilines is 1. The molecule has 0 unspecified atom stereocenters. The molecule has 36 heavy (non-hydrogen) atoms. The standard InChI is InChI=1S/C26H28ClN3O5S/c1-19(26(32)28-2)29(17-20-7-5-4-6-8-20)25(31)18-30(22-11-9-21(27)10-12-22)36(33,34)24-15-13-23(35-3)14-16-24/h4-16,19H,17-18H2,1-3H3,(H,28,32)/t19-/m1/s1. The maximum Gasteiger partial charge on any atom is 0.264 e. The lowest BCUT2D eigenvalue weighted by molar-refractivity contribution is -0.139. The van der Waals surface area contributed by atoms with Gasteiger partial charge in [-0.25, -0.2) is 8.42 Å². The summed E-state index contributed by atoms with van der Waals surface area (Å²) in [5, 5.41) is 2.97. The molecule has 10 heteroatoms. The number of carbonyl (C=O) groups is 2. The fraction of sp³-hybridized carbons (Fsp3) is 0.231. The third-order valence-electron chi connectivity index (χ3n) is 5.65. The molecule has 0 spiro atoms. The normalized spacial score (nSPS) is 11.9. The summed E-state index contributed by atoms with van der Waals surface area (Å²) in [4.78, 5) is 27.4. The number of carbonyl (C=O) groups excluding carboxylic acids is 2. The Kier molecular flexibility index (Phi) is 8.95. The number of nitrogens with zero attached hydrogens (tertiary/aromatic N) is 2. The van der Waals surface area contributed by atoms with Gasteiger partial charge < -0.3 is 15.0 Å². The number of amides is 2. The van der Waals surface area contributed by atoms with Crippen molar-refractivity contribution in [2.45, 2.75) is 24.4 Å². The highest BCUT2D eigenvalue weighted by Gasteiger charge is 2.32. The zero-order valence-electron chi connectivity index (χ0n) is 20.2. The van der Waals surface area contributed by atoms with Crippen LogP contribution in [0.5, 0.6) is 5.75 Å². The first-order valence-electron chi connectivity index (χ1n) is 11.1. The third-order valence-corrected chi connectivity index (χ3v) is 7.69. The number of rotatable bonds is 10. The highest BCUT2D eigenvalue weighted by Crippen LogP contribution is 2.27. The average molecular weight is 530 g/mol. The molecule has 1 N–H and O–H groups in total. The van der Waals surface area contributed by atoms with Crippen molar-refractivity contribution >= 4 is 39.1 Å². The molecule has 3 aromatic rings. The number of hydrogen-bond acceptors (Lipinski definition) is 5. The van der Waals surface area contributed by atoms with E-state index in [0.717, 1.165) is 9.87 Å². The summed E-state index contributed by atoms with van der Waals surface area (Å²) in [5.74, 6) is -0.408. The van der Waals surface area contributed by atoms with Crippen LogP contribution >= 0.6 is 11.6 Å². The Hall–Kier alpha value is -3.56. The topological polar surface area (TPSA) is 96.0 Å². The molecule has 0 aliphatic carbocycles. The number of methoxy groups -OCH3 is 1. The van der Waals surface area contributed by atoms with E-state index in [4.69, 9.17) is 16.3 Å². The molecule has 0 aromatic heterocycles. The predicted molar refractivity (Wildman–Crippen MR) is 139 cm³/mol. The van der Waals surface area contributed by atoms with Gasteiger partial charge in [0, 0.05) is 18.6 Å². The Morgan fingerprint density at radius 3 is 2.14 bits per heavy atom. The van der Waals surface area contributed by atoms with Crippen LogP contribution in [0.2, 0.25) is 5.02 Å². The summed E-state index contributed by atoms with van der Waals surface area (Å²) >= 11 is 6.02. The van der Waals surface area contributed by atoms with Crippen molar-refractivity contribution < 1.29 is 22.7 Å². The van der Waals surface area contributed by atoms with Crippen LogP contribution in [0.15, 0.2) is 83.8 Å². The highest BCUT2D eigenvalue weighted by molar-refractivity contribution is 7.92. The van der Waals surface area contributed by atoms with Gasteiger partial charge >= 0.3 is 0 Å². The van der Waals surface area contributed by atoms with Crippen LogP contribution in [-0.2, 0) is 26.2 Å². The zero-order chi connectivity index (χ0) is 26.3. The molecule has 0 fully saturated rings. The smallest absolute Gasteiger partial charge is 0.264 e. The first kappa shape index (κ1) is 27.0. The van der Waals surface area contributed by atoms with Gasteiger partial charge in [0.2, 0.25) is 11.8 Å². The molecule has 3 aromatic carbocycles. The van der Waals surface area contributed by atoms with Crippen molar-refractivity contribution in [2.75, 3.05) is 25.0 Å². The van der Waals surface area contributed by atoms with Crippen molar-refractivity contribution in [3.63, 3.8) is 0 Å². The molecule has 190 valence electrons. The molecular formula is C26H28ClN3O5S. The third kappa shape index (κ3) is 6.35. The molecule has 3 rings (SSSR count). The van der Waals surface area contributed by atoms with Gasteiger partial charge in [-0.3, -0.25) is 13.9 Å². The quantitative estimate of drug-likeness (QED) is 0.432. The molecule has 0 saturated heterocycles. The van der Waals surface area contributed by atoms with Crippen molar-refractivity contribution in [3.8, 4) is 5.75 Å². The van der Waals surface area contributed by atoms with Crippen molar-refractivity contribution in [3.05, 3.63) is 89.4 Å². The Morgan fingerprint density at radius 1 is 0.972 bits per heavy atom. The van der Waals surface area contributed by atoms with Gasteiger partial charge in [-0.15, -0.1) is 0 Å². The molecule has 0 saturated carbocycles. The van der Waals surface area contributed by atoms with Gasteiger partial charge in [-0.05, 0) is 61.0 Å². The Morgan fingerprint density at radius 2 is 1.58 bits per heavy atom. The molecule has 0 aliphatic heterocycles. The van der Waals surface area contributed by atoms with Crippen molar-refractivity contribution in [2.24, 2.45) is 0 Å². The monoisotopic (exact) mass is 529 g/mol. The summed E-state index contributed by atoms with van der Waals surface area (Å²) in [6.07, 6.45) is 0. The van der Waals surface area contributed by atoms with Crippen LogP contribution in [0.4, 0.5) is 5.69 Å². The van der Waals surface area contributed by atoms with Crippen molar-refractivity contribution in [1.82, 2.24) is 10.2 Å². The number of sulfonamides is 1. The second kappa shape index (κ2) is 11.9. The summed E-state index contributed by atoms with van der Waals surface area (Å²) < 4.78 is 33.5. The minimum absolute atomic E-state index is 0.0139. The molecule has 2 amide bonds. The van der Waals surface area contributed by atoms with Crippen LogP contribution in [0.1, 0.15) is 12.5 Å². The molecule has 1 atom stereocenters. The summed E-state index contributed by atoms with van der Waals surface area (Å²) in [6.45, 7) is 1.21. The first-order valence-corrected chi connectivity index (χ1v) is 13.0. The van der Waals surface area contributed by atoms with Gasteiger partial charge in [0.25, 0.3) is 10.0 Å². The number of nitrogens with one attached hydrogen (secondary N) is 1. The lowest BCUT2D eigenvalue weighted by atomic mass is 10.1. The second-order valence-electron chi connectivity index (χ2n) is 7.96. The van der Waals surface area contributed by atoms with E-state index in [1.54, 1.807) is 19.1 Å². The minimum Gasteiger partial charge on any atom is -0.497 e. The fourth-order valence-electron chi connectivity index (χ4n) is 3.58. The van der Waals surface area contributed by atoms with E-state index in [1.165, 1.54) is 55.5 Å². The maximum absolute atomic E-state index is 13.7. The number of hydrogen-bond donors (Lipinski definition) is 1. The second-order valence-corrected chi connectivity index (χ2v) is 10.3. The van der Waals surface area contributed by atoms with E-state index in [-0.39, 0.29) is 23.0 Å². The van der Waals surface area contributed by atoms with Gasteiger partial charge in [-0.1, -0.05) is 41.9 Å². The van der Waals surface area contributed by atoms with E-state index < -0.39 is 28.5 Å². The Labute approximate surface area is 216 Å². The van der Waals surface area contributed by atoms with Gasteiger partial charge in [0.1, 0.15) is 18.3 Å². The number of ether oxygens (including phenoxy) is 1. The van der Waals surface area contributed by atoms with Gasteiger partial charge in [0.05, 0.1) is 17.7 Å². The first-order chi connectivity index (χ1) is 17.2. The molecule has 8 nitrogen and oxygen atoms in total. The number of likely N-dealkylation sites (N-methyl/N-ethyl adjacent to an activating group) is 1. The number of halogens is 1. The highest BCUT2D eigenvalue weighted by atomic mass is 35.5. The molecule has 0 aliphatic rings. The Bertz CT molecular complexity index is 1280. The fourth-order valence-corrected chi connectivity index (χ4v) is 5.12. The summed E-state index contributed by atoms with van der Waals surface area (Å²) in [7, 11) is -1.19. The van der Waals surface area contributed by atoms with Gasteiger partial charge in [-0.2, -0.15) is 0 Å². The average Bonchev–Trinajstić information content (AvgIpc) is 2.90. The van der Waals surface area contributed by atoms with E-state index in [9.17, 15) is 18.0 Å². The molecule has 0 heterocycles. The molecule has 0 radical (unpaired) electrons. The molecular weight excluding hydrogens is 502 g/mol. The number of benzene rings is 3. The largest absolute Gasteiger partial charge is 0.497 e. The van der Waals surface area contributed by atoms with Crippen LogP contribution in [0.25, 0.3) is 0 Å². The summed E-state index contributed by atoms with van der Waals surface area (Å²) in [6, 6.07) is 20.4. The lowest BCUT2D eigenvalue weighted by Gasteiger charge is -2.31. The van der Waals surface area contributed by atoms with Crippen molar-refractivity contribution in [1.29, 1.82) is 0 Å². The molecule has 0 bridgehead atoms. The Balaban J connectivity index is 2.01. The predicted octanol–water partition coefficient (Wildman–Crippen LogP) is 3.71. The van der Waals surface area contributed by atoms with Crippen LogP contribution in [0.3, 0.4) is 0 Å². The van der Waals surface area contributed by atoms with E-state index >= 15 is 0 Å². The minimum atomic E-state index is -4.16. The van der Waals surface area contributed by atoms with E-state index in [2.05, 4.69) is 5.32 Å². The van der Waals surface area contributed by atoms with Crippen LogP contribution in [0, 0.1) is 0 Å². The maximum atomic E-state index is 13.7. The summed E-state index contributed by atoms with van der Waals surface area (Å²) in [5.41, 5.74) is 1.06. The van der Waals surface area contributed by atoms with E-state index in [0.29, 0.717) is 10.8 Å². The zero-order valence-corrected chi connectivity index (χ0v) is 21.8. The van der Waals surface area contributed by atoms with E-state index in [1.807, 2.05) is 30.3 Å². The van der Waals surface area contributed by atoms with Gasteiger partial charge in [0.15, 0.2) is 0 Å².